The lowest BCUT2D eigenvalue weighted by atomic mass is 9.81. The molecule has 0 amide bonds. The van der Waals surface area contributed by atoms with Crippen LogP contribution in [0.3, 0.4) is 0 Å². The molecular weight excluding hydrogens is 496 g/mol. The molecule has 1 aromatic heterocycles. The summed E-state index contributed by atoms with van der Waals surface area (Å²) in [5.41, 5.74) is 8.12. The van der Waals surface area contributed by atoms with E-state index in [4.69, 9.17) is 9.97 Å². The minimum Gasteiger partial charge on any atom is -0.228 e. The Morgan fingerprint density at radius 3 is 1.76 bits per heavy atom. The van der Waals surface area contributed by atoms with Gasteiger partial charge in [0.1, 0.15) is 0 Å². The molecule has 3 aromatic carbocycles. The second-order valence-electron chi connectivity index (χ2n) is 12.3. The zero-order valence-corrected chi connectivity index (χ0v) is 26.0. The van der Waals surface area contributed by atoms with Crippen LogP contribution in [0.25, 0.3) is 33.9 Å². The third kappa shape index (κ3) is 9.12. The SMILES string of the molecule is CCCCCCCCCCCCc1ccc(-c2nc(-c3ccccc3)cc(-c3cccc(C(C)(C)CC)c3)n2)cc1. The van der Waals surface area contributed by atoms with E-state index in [0.29, 0.717) is 0 Å². The van der Waals surface area contributed by atoms with Crippen molar-refractivity contribution < 1.29 is 0 Å². The Labute approximate surface area is 249 Å². The molecule has 0 N–H and O–H groups in total. The molecule has 4 rings (SSSR count). The van der Waals surface area contributed by atoms with Gasteiger partial charge in [0.25, 0.3) is 0 Å². The summed E-state index contributed by atoms with van der Waals surface area (Å²) in [6.07, 6.45) is 16.0. The molecule has 4 aromatic rings. The van der Waals surface area contributed by atoms with Gasteiger partial charge >= 0.3 is 0 Å². The molecule has 0 spiro atoms. The lowest BCUT2D eigenvalue weighted by molar-refractivity contribution is 0.506. The Kier molecular flexibility index (Phi) is 11.7. The zero-order valence-electron chi connectivity index (χ0n) is 26.0. The summed E-state index contributed by atoms with van der Waals surface area (Å²) < 4.78 is 0. The molecule has 0 saturated heterocycles. The minimum atomic E-state index is 0.123. The summed E-state index contributed by atoms with van der Waals surface area (Å²) in [6, 6.07) is 30.4. The van der Waals surface area contributed by atoms with E-state index in [9.17, 15) is 0 Å². The quantitative estimate of drug-likeness (QED) is 0.131. The molecule has 0 aliphatic rings. The molecule has 0 bridgehead atoms. The van der Waals surface area contributed by atoms with Gasteiger partial charge in [0, 0.05) is 16.7 Å². The first-order valence-corrected chi connectivity index (χ1v) is 16.1. The molecule has 216 valence electrons. The van der Waals surface area contributed by atoms with Gasteiger partial charge in [-0.05, 0) is 47.9 Å². The van der Waals surface area contributed by atoms with Crippen LogP contribution >= 0.6 is 0 Å². The fourth-order valence-corrected chi connectivity index (χ4v) is 5.42. The van der Waals surface area contributed by atoms with Crippen molar-refractivity contribution in [3.05, 3.63) is 96.1 Å². The zero-order chi connectivity index (χ0) is 28.9. The van der Waals surface area contributed by atoms with Gasteiger partial charge in [0.15, 0.2) is 5.82 Å². The summed E-state index contributed by atoms with van der Waals surface area (Å²) in [5.74, 6) is 0.784. The third-order valence-corrected chi connectivity index (χ3v) is 8.65. The van der Waals surface area contributed by atoms with E-state index in [2.05, 4.69) is 113 Å². The number of unbranched alkanes of at least 4 members (excludes halogenated alkanes) is 9. The van der Waals surface area contributed by atoms with Crippen LogP contribution in [0.5, 0.6) is 0 Å². The van der Waals surface area contributed by atoms with Crippen molar-refractivity contribution >= 4 is 0 Å². The summed E-state index contributed by atoms with van der Waals surface area (Å²) in [4.78, 5) is 10.1. The molecule has 0 saturated carbocycles. The summed E-state index contributed by atoms with van der Waals surface area (Å²) in [7, 11) is 0. The Hall–Kier alpha value is -3.26. The molecule has 0 atom stereocenters. The Morgan fingerprint density at radius 2 is 1.12 bits per heavy atom. The average Bonchev–Trinajstić information content (AvgIpc) is 3.02. The van der Waals surface area contributed by atoms with E-state index in [0.717, 1.165) is 46.7 Å². The van der Waals surface area contributed by atoms with Gasteiger partial charge < -0.3 is 0 Å². The smallest absolute Gasteiger partial charge is 0.160 e. The number of benzene rings is 3. The van der Waals surface area contributed by atoms with E-state index in [1.807, 2.05) is 0 Å². The first kappa shape index (κ1) is 30.7. The van der Waals surface area contributed by atoms with Crippen LogP contribution in [0.1, 0.15) is 109 Å². The normalized spacial score (nSPS) is 11.6. The van der Waals surface area contributed by atoms with Crippen molar-refractivity contribution in [3.63, 3.8) is 0 Å². The van der Waals surface area contributed by atoms with E-state index in [1.54, 1.807) is 0 Å². The predicted molar refractivity (Wildman–Crippen MR) is 177 cm³/mol. The Bertz CT molecular complexity index is 1320. The van der Waals surface area contributed by atoms with Gasteiger partial charge in [-0.15, -0.1) is 0 Å². The number of hydrogen-bond acceptors (Lipinski definition) is 2. The minimum absolute atomic E-state index is 0.123. The van der Waals surface area contributed by atoms with Crippen LogP contribution in [0.4, 0.5) is 0 Å². The first-order valence-electron chi connectivity index (χ1n) is 16.1. The second kappa shape index (κ2) is 15.7. The molecule has 0 aliphatic heterocycles. The highest BCUT2D eigenvalue weighted by atomic mass is 14.9. The highest BCUT2D eigenvalue weighted by molar-refractivity contribution is 5.72. The molecule has 0 aliphatic carbocycles. The van der Waals surface area contributed by atoms with Crippen molar-refractivity contribution in [1.29, 1.82) is 0 Å². The lowest BCUT2D eigenvalue weighted by Crippen LogP contribution is -2.15. The number of nitrogens with zero attached hydrogens (tertiary/aromatic N) is 2. The van der Waals surface area contributed by atoms with Gasteiger partial charge in [0.2, 0.25) is 0 Å². The Balaban J connectivity index is 1.46. The van der Waals surface area contributed by atoms with Crippen molar-refractivity contribution in [3.8, 4) is 33.9 Å². The molecule has 2 nitrogen and oxygen atoms in total. The maximum Gasteiger partial charge on any atom is 0.160 e. The number of aromatic nitrogens is 2. The van der Waals surface area contributed by atoms with Gasteiger partial charge in [0.05, 0.1) is 11.4 Å². The van der Waals surface area contributed by atoms with Crippen molar-refractivity contribution in [2.75, 3.05) is 0 Å². The lowest BCUT2D eigenvalue weighted by Gasteiger charge is -2.24. The standard InChI is InChI=1S/C39H50N2/c1-5-7-8-9-10-11-12-13-14-16-20-31-25-27-33(28-26-31)38-40-36(32-21-17-15-18-22-32)30-37(41-38)34-23-19-24-35(29-34)39(3,4)6-2/h15,17-19,21-30H,5-14,16,20H2,1-4H3. The summed E-state index contributed by atoms with van der Waals surface area (Å²) in [5, 5.41) is 0. The predicted octanol–water partition coefficient (Wildman–Crippen LogP) is 11.6. The van der Waals surface area contributed by atoms with E-state index in [-0.39, 0.29) is 5.41 Å². The van der Waals surface area contributed by atoms with Crippen LogP contribution in [0.2, 0.25) is 0 Å². The highest BCUT2D eigenvalue weighted by Crippen LogP contribution is 2.32. The number of rotatable bonds is 16. The van der Waals surface area contributed by atoms with Crippen LogP contribution in [0, 0.1) is 0 Å². The topological polar surface area (TPSA) is 25.8 Å². The number of aryl methyl sites for hydroxylation is 1. The molecule has 1 heterocycles. The number of hydrogen-bond donors (Lipinski definition) is 0. The van der Waals surface area contributed by atoms with Gasteiger partial charge in [-0.1, -0.05) is 158 Å². The molecule has 41 heavy (non-hydrogen) atoms. The van der Waals surface area contributed by atoms with Crippen LogP contribution in [0.15, 0.2) is 84.9 Å². The van der Waals surface area contributed by atoms with Gasteiger partial charge in [-0.25, -0.2) is 9.97 Å². The van der Waals surface area contributed by atoms with Crippen molar-refractivity contribution in [2.24, 2.45) is 0 Å². The average molecular weight is 547 g/mol. The maximum absolute atomic E-state index is 5.09. The fourth-order valence-electron chi connectivity index (χ4n) is 5.42. The maximum atomic E-state index is 5.09. The molecule has 2 heteroatoms. The summed E-state index contributed by atoms with van der Waals surface area (Å²) in [6.45, 7) is 9.16. The molecule has 0 fully saturated rings. The summed E-state index contributed by atoms with van der Waals surface area (Å²) >= 11 is 0. The van der Waals surface area contributed by atoms with Crippen LogP contribution < -0.4 is 0 Å². The second-order valence-corrected chi connectivity index (χ2v) is 12.3. The van der Waals surface area contributed by atoms with Crippen LogP contribution in [-0.2, 0) is 11.8 Å². The van der Waals surface area contributed by atoms with Crippen molar-refractivity contribution in [1.82, 2.24) is 9.97 Å². The first-order chi connectivity index (χ1) is 20.0. The van der Waals surface area contributed by atoms with Gasteiger partial charge in [-0.3, -0.25) is 0 Å². The molecular formula is C39H50N2. The van der Waals surface area contributed by atoms with Gasteiger partial charge in [-0.2, -0.15) is 0 Å². The monoisotopic (exact) mass is 546 g/mol. The van der Waals surface area contributed by atoms with Crippen LogP contribution in [-0.4, -0.2) is 9.97 Å². The van der Waals surface area contributed by atoms with E-state index < -0.39 is 0 Å². The van der Waals surface area contributed by atoms with E-state index in [1.165, 1.54) is 75.3 Å². The Morgan fingerprint density at radius 1 is 0.537 bits per heavy atom. The fraction of sp³-hybridized carbons (Fsp3) is 0.436. The van der Waals surface area contributed by atoms with Crippen molar-refractivity contribution in [2.45, 2.75) is 110 Å². The van der Waals surface area contributed by atoms with E-state index >= 15 is 0 Å². The largest absolute Gasteiger partial charge is 0.228 e. The highest BCUT2D eigenvalue weighted by Gasteiger charge is 2.19. The third-order valence-electron chi connectivity index (χ3n) is 8.65. The molecule has 0 unspecified atom stereocenters. The molecule has 0 radical (unpaired) electrons.